The monoisotopic (exact) mass is 533 g/mol. The molecular formula is C27H27N5O5S. The van der Waals surface area contributed by atoms with E-state index in [1.54, 1.807) is 33.3 Å². The van der Waals surface area contributed by atoms with E-state index < -0.39 is 0 Å². The molecule has 0 aliphatic heterocycles. The first-order valence-electron chi connectivity index (χ1n) is 11.5. The molecule has 0 saturated heterocycles. The van der Waals surface area contributed by atoms with Crippen molar-refractivity contribution in [3.05, 3.63) is 72.3 Å². The lowest BCUT2D eigenvalue weighted by atomic mass is 10.1. The number of para-hydroxylation sites is 1. The second-order valence-electron chi connectivity index (χ2n) is 7.95. The molecule has 2 N–H and O–H groups in total. The highest BCUT2D eigenvalue weighted by molar-refractivity contribution is 7.99. The summed E-state index contributed by atoms with van der Waals surface area (Å²) in [4.78, 5) is 12.6. The van der Waals surface area contributed by atoms with Crippen LogP contribution in [-0.4, -0.2) is 58.6 Å². The number of aromatic nitrogens is 3. The van der Waals surface area contributed by atoms with Gasteiger partial charge in [0.2, 0.25) is 0 Å². The van der Waals surface area contributed by atoms with Crippen LogP contribution in [0.4, 0.5) is 0 Å². The Morgan fingerprint density at radius 3 is 2.39 bits per heavy atom. The number of aromatic hydroxyl groups is 1. The number of carbonyl (C=O) groups is 1. The van der Waals surface area contributed by atoms with Crippen LogP contribution < -0.4 is 19.6 Å². The molecule has 0 saturated carbocycles. The summed E-state index contributed by atoms with van der Waals surface area (Å²) in [5, 5.41) is 23.3. The lowest BCUT2D eigenvalue weighted by molar-refractivity contribution is -0.118. The number of nitrogens with one attached hydrogen (secondary N) is 1. The fourth-order valence-electron chi connectivity index (χ4n) is 3.61. The van der Waals surface area contributed by atoms with Gasteiger partial charge in [-0.25, -0.2) is 5.43 Å². The Hall–Kier alpha value is -4.51. The van der Waals surface area contributed by atoms with Crippen molar-refractivity contribution < 1.29 is 24.1 Å². The van der Waals surface area contributed by atoms with Gasteiger partial charge in [-0.3, -0.25) is 9.36 Å². The summed E-state index contributed by atoms with van der Waals surface area (Å²) in [6.07, 6.45) is 0. The van der Waals surface area contributed by atoms with E-state index in [0.717, 1.165) is 11.3 Å². The van der Waals surface area contributed by atoms with Crippen LogP contribution in [0.3, 0.4) is 0 Å². The van der Waals surface area contributed by atoms with Crippen molar-refractivity contribution in [3.63, 3.8) is 0 Å². The first-order chi connectivity index (χ1) is 18.4. The predicted molar refractivity (Wildman–Crippen MR) is 146 cm³/mol. The van der Waals surface area contributed by atoms with Crippen molar-refractivity contribution in [2.45, 2.75) is 12.1 Å². The number of thioether (sulfide) groups is 1. The number of methoxy groups -OCH3 is 3. The van der Waals surface area contributed by atoms with E-state index in [1.165, 1.54) is 24.9 Å². The van der Waals surface area contributed by atoms with E-state index in [9.17, 15) is 9.90 Å². The Bertz CT molecular complexity index is 1460. The molecule has 1 aromatic heterocycles. The molecule has 1 amide bonds. The summed E-state index contributed by atoms with van der Waals surface area (Å²) in [5.74, 6) is 1.87. The number of nitrogens with zero attached hydrogens (tertiary/aromatic N) is 4. The summed E-state index contributed by atoms with van der Waals surface area (Å²) in [6, 6.07) is 20.0. The number of hydrogen-bond acceptors (Lipinski definition) is 9. The van der Waals surface area contributed by atoms with Crippen molar-refractivity contribution in [3.8, 4) is 40.1 Å². The van der Waals surface area contributed by atoms with Gasteiger partial charge in [-0.2, -0.15) is 5.10 Å². The molecule has 0 aliphatic carbocycles. The van der Waals surface area contributed by atoms with E-state index in [4.69, 9.17) is 14.2 Å². The maximum absolute atomic E-state index is 12.6. The van der Waals surface area contributed by atoms with Crippen LogP contribution in [0.2, 0.25) is 0 Å². The third kappa shape index (κ3) is 5.89. The van der Waals surface area contributed by atoms with Crippen LogP contribution in [0.25, 0.3) is 17.1 Å². The van der Waals surface area contributed by atoms with E-state index in [-0.39, 0.29) is 17.4 Å². The van der Waals surface area contributed by atoms with Gasteiger partial charge < -0.3 is 19.3 Å². The zero-order valence-corrected chi connectivity index (χ0v) is 22.2. The summed E-state index contributed by atoms with van der Waals surface area (Å²) in [7, 11) is 4.62. The first-order valence-corrected chi connectivity index (χ1v) is 12.5. The minimum atomic E-state index is -0.310. The lowest BCUT2D eigenvalue weighted by Gasteiger charge is -2.12. The second-order valence-corrected chi connectivity index (χ2v) is 8.90. The fourth-order valence-corrected chi connectivity index (χ4v) is 4.36. The molecule has 4 aromatic rings. The number of rotatable bonds is 10. The van der Waals surface area contributed by atoms with Gasteiger partial charge >= 0.3 is 0 Å². The fraction of sp³-hybridized carbons (Fsp3) is 0.185. The number of phenolic OH excluding ortho intramolecular Hbond substituents is 1. The molecule has 0 atom stereocenters. The van der Waals surface area contributed by atoms with Gasteiger partial charge in [0.05, 0.1) is 32.8 Å². The Morgan fingerprint density at radius 2 is 1.68 bits per heavy atom. The van der Waals surface area contributed by atoms with E-state index in [2.05, 4.69) is 20.7 Å². The Kier molecular flexibility index (Phi) is 8.49. The summed E-state index contributed by atoms with van der Waals surface area (Å²) >= 11 is 1.24. The molecule has 0 bridgehead atoms. The minimum absolute atomic E-state index is 0.0273. The molecule has 11 heteroatoms. The number of phenols is 1. The van der Waals surface area contributed by atoms with Crippen LogP contribution >= 0.6 is 11.8 Å². The second kappa shape index (κ2) is 12.2. The van der Waals surface area contributed by atoms with E-state index >= 15 is 0 Å². The lowest BCUT2D eigenvalue weighted by Crippen LogP contribution is -2.21. The van der Waals surface area contributed by atoms with E-state index in [1.807, 2.05) is 53.1 Å². The quantitative estimate of drug-likeness (QED) is 0.176. The highest BCUT2D eigenvalue weighted by Crippen LogP contribution is 2.34. The third-order valence-corrected chi connectivity index (χ3v) is 6.50. The van der Waals surface area contributed by atoms with Crippen LogP contribution in [0, 0.1) is 0 Å². The average molecular weight is 534 g/mol. The molecule has 0 unspecified atom stereocenters. The van der Waals surface area contributed by atoms with Gasteiger partial charge in [0, 0.05) is 16.8 Å². The maximum atomic E-state index is 12.6. The Balaban J connectivity index is 1.54. The van der Waals surface area contributed by atoms with Gasteiger partial charge in [0.15, 0.2) is 34.0 Å². The smallest absolute Gasteiger partial charge is 0.250 e. The standard InChI is InChI=1S/C27H27N5O5S/c1-17(18-10-12-21(33)23(14-18)36-3)28-29-25(34)16-38-27-31-30-26(32(27)20-8-6-5-7-9-20)19-11-13-22(35-2)24(15-19)37-4/h5-15,33H,16H2,1-4H3,(H,29,34)/b28-17+. The highest BCUT2D eigenvalue weighted by atomic mass is 32.2. The van der Waals surface area contributed by atoms with Crippen LogP contribution in [0.15, 0.2) is 77.0 Å². The molecule has 10 nitrogen and oxygen atoms in total. The average Bonchev–Trinajstić information content (AvgIpc) is 3.39. The molecule has 196 valence electrons. The predicted octanol–water partition coefficient (Wildman–Crippen LogP) is 4.30. The van der Waals surface area contributed by atoms with Crippen molar-refractivity contribution in [2.24, 2.45) is 5.10 Å². The van der Waals surface area contributed by atoms with E-state index in [0.29, 0.717) is 39.5 Å². The molecule has 0 spiro atoms. The summed E-state index contributed by atoms with van der Waals surface area (Å²) < 4.78 is 17.8. The van der Waals surface area contributed by atoms with Gasteiger partial charge in [0.25, 0.3) is 5.91 Å². The number of hydrazone groups is 1. The van der Waals surface area contributed by atoms with Crippen LogP contribution in [0.1, 0.15) is 12.5 Å². The molecule has 0 radical (unpaired) electrons. The molecule has 1 heterocycles. The molecule has 3 aromatic carbocycles. The van der Waals surface area contributed by atoms with Crippen molar-refractivity contribution in [2.75, 3.05) is 27.1 Å². The summed E-state index contributed by atoms with van der Waals surface area (Å²) in [5.41, 5.74) is 5.46. The summed E-state index contributed by atoms with van der Waals surface area (Å²) in [6.45, 7) is 1.75. The Labute approximate surface area is 224 Å². The minimum Gasteiger partial charge on any atom is -0.504 e. The van der Waals surface area contributed by atoms with Gasteiger partial charge in [-0.05, 0) is 55.5 Å². The number of benzene rings is 3. The van der Waals surface area contributed by atoms with Crippen LogP contribution in [-0.2, 0) is 4.79 Å². The largest absolute Gasteiger partial charge is 0.504 e. The zero-order valence-electron chi connectivity index (χ0n) is 21.3. The Morgan fingerprint density at radius 1 is 0.947 bits per heavy atom. The van der Waals surface area contributed by atoms with Gasteiger partial charge in [0.1, 0.15) is 0 Å². The number of carbonyl (C=O) groups excluding carboxylic acids is 1. The molecular weight excluding hydrogens is 506 g/mol. The SMILES string of the molecule is COc1cc(/C(C)=N/NC(=O)CSc2nnc(-c3ccc(OC)c(OC)c3)n2-c2ccccc2)ccc1O. The third-order valence-electron chi connectivity index (χ3n) is 5.57. The molecule has 38 heavy (non-hydrogen) atoms. The van der Waals surface area contributed by atoms with Gasteiger partial charge in [-0.1, -0.05) is 30.0 Å². The maximum Gasteiger partial charge on any atom is 0.250 e. The zero-order chi connectivity index (χ0) is 27.1. The number of amides is 1. The normalized spacial score (nSPS) is 11.2. The van der Waals surface area contributed by atoms with Gasteiger partial charge in [-0.15, -0.1) is 10.2 Å². The number of hydrogen-bond donors (Lipinski definition) is 2. The first kappa shape index (κ1) is 26.6. The molecule has 0 aliphatic rings. The van der Waals surface area contributed by atoms with Crippen molar-refractivity contribution in [1.82, 2.24) is 20.2 Å². The topological polar surface area (TPSA) is 120 Å². The highest BCUT2D eigenvalue weighted by Gasteiger charge is 2.19. The molecule has 4 rings (SSSR count). The molecule has 0 fully saturated rings. The number of ether oxygens (including phenoxy) is 3. The van der Waals surface area contributed by atoms with Crippen molar-refractivity contribution in [1.29, 1.82) is 0 Å². The van der Waals surface area contributed by atoms with Crippen LogP contribution in [0.5, 0.6) is 23.0 Å². The van der Waals surface area contributed by atoms with Crippen molar-refractivity contribution >= 4 is 23.4 Å².